The standard InChI is InChI=1S/C25H26F3N3O4S/c1-15(2)36(33,34)20-8-9-23(35-17(4)25(26,27)28)21(11-20)24(32)30-12-18-13-31(29-22(18)14-30)19-7-5-6-16(3)10-19/h5-11,13,15,17H,12,14H2,1-4H3/t17-/m0/s1. The quantitative estimate of drug-likeness (QED) is 0.463. The van der Waals surface area contributed by atoms with Gasteiger partial charge in [-0.05, 0) is 63.6 Å². The number of alkyl halides is 3. The molecule has 3 aromatic rings. The molecule has 2 aromatic carbocycles. The summed E-state index contributed by atoms with van der Waals surface area (Å²) in [5, 5.41) is 3.78. The van der Waals surface area contributed by atoms with Crippen LogP contribution in [0.25, 0.3) is 5.69 Å². The topological polar surface area (TPSA) is 81.5 Å². The van der Waals surface area contributed by atoms with Gasteiger partial charge in [0.15, 0.2) is 15.9 Å². The highest BCUT2D eigenvalue weighted by atomic mass is 32.2. The summed E-state index contributed by atoms with van der Waals surface area (Å²) in [4.78, 5) is 14.7. The molecule has 0 aliphatic carbocycles. The number of sulfone groups is 1. The van der Waals surface area contributed by atoms with Crippen molar-refractivity contribution in [2.45, 2.75) is 63.2 Å². The predicted octanol–water partition coefficient (Wildman–Crippen LogP) is 4.85. The van der Waals surface area contributed by atoms with Gasteiger partial charge in [-0.1, -0.05) is 12.1 Å². The fourth-order valence-electron chi connectivity index (χ4n) is 3.85. The van der Waals surface area contributed by atoms with E-state index in [-0.39, 0.29) is 29.3 Å². The third kappa shape index (κ3) is 4.97. The number of carbonyl (C=O) groups is 1. The van der Waals surface area contributed by atoms with Gasteiger partial charge in [0.2, 0.25) is 0 Å². The van der Waals surface area contributed by atoms with Crippen LogP contribution in [0.1, 0.15) is 48.0 Å². The maximum Gasteiger partial charge on any atom is 0.425 e. The second kappa shape index (κ2) is 9.27. The molecule has 1 aliphatic rings. The number of hydrogen-bond acceptors (Lipinski definition) is 5. The summed E-state index contributed by atoms with van der Waals surface area (Å²) in [6, 6.07) is 11.1. The van der Waals surface area contributed by atoms with Crippen LogP contribution in [0.2, 0.25) is 0 Å². The van der Waals surface area contributed by atoms with Gasteiger partial charge in [0.1, 0.15) is 5.75 Å². The average Bonchev–Trinajstić information content (AvgIpc) is 3.37. The number of ether oxygens (including phenoxy) is 1. The van der Waals surface area contributed by atoms with E-state index in [1.165, 1.54) is 18.7 Å². The minimum Gasteiger partial charge on any atom is -0.480 e. The molecule has 1 amide bonds. The van der Waals surface area contributed by atoms with Gasteiger partial charge in [0.25, 0.3) is 5.91 Å². The van der Waals surface area contributed by atoms with E-state index >= 15 is 0 Å². The van der Waals surface area contributed by atoms with Crippen molar-refractivity contribution in [3.8, 4) is 11.4 Å². The molecule has 0 saturated carbocycles. The van der Waals surface area contributed by atoms with E-state index in [0.29, 0.717) is 5.69 Å². The second-order valence-corrected chi connectivity index (χ2v) is 11.6. The number of fused-ring (bicyclic) bond motifs is 1. The number of benzene rings is 2. The Morgan fingerprint density at radius 3 is 2.42 bits per heavy atom. The highest BCUT2D eigenvalue weighted by molar-refractivity contribution is 7.92. The molecule has 0 fully saturated rings. The smallest absolute Gasteiger partial charge is 0.425 e. The van der Waals surface area contributed by atoms with Gasteiger partial charge in [-0.15, -0.1) is 0 Å². The number of carbonyl (C=O) groups excluding carboxylic acids is 1. The minimum atomic E-state index is -4.66. The van der Waals surface area contributed by atoms with Gasteiger partial charge in [-0.25, -0.2) is 13.1 Å². The lowest BCUT2D eigenvalue weighted by atomic mass is 10.1. The van der Waals surface area contributed by atoms with Crippen molar-refractivity contribution in [1.29, 1.82) is 0 Å². The number of amides is 1. The molecule has 36 heavy (non-hydrogen) atoms. The average molecular weight is 522 g/mol. The normalized spacial score (nSPS) is 14.7. The molecule has 7 nitrogen and oxygen atoms in total. The van der Waals surface area contributed by atoms with Crippen molar-refractivity contribution in [3.05, 3.63) is 71.0 Å². The van der Waals surface area contributed by atoms with E-state index < -0.39 is 33.3 Å². The third-order valence-corrected chi connectivity index (χ3v) is 8.18. The molecule has 0 N–H and O–H groups in total. The number of rotatable bonds is 6. The Labute approximate surface area is 207 Å². The van der Waals surface area contributed by atoms with Crippen LogP contribution in [-0.2, 0) is 22.9 Å². The summed E-state index contributed by atoms with van der Waals surface area (Å²) in [5.41, 5.74) is 3.14. The first-order chi connectivity index (χ1) is 16.8. The molecular weight excluding hydrogens is 495 g/mol. The van der Waals surface area contributed by atoms with Crippen LogP contribution in [-0.4, -0.2) is 46.5 Å². The molecule has 1 aromatic heterocycles. The van der Waals surface area contributed by atoms with Crippen LogP contribution in [0.4, 0.5) is 13.2 Å². The Morgan fingerprint density at radius 1 is 1.08 bits per heavy atom. The summed E-state index contributed by atoms with van der Waals surface area (Å²) < 4.78 is 71.7. The zero-order chi connectivity index (χ0) is 26.4. The monoisotopic (exact) mass is 521 g/mol. The van der Waals surface area contributed by atoms with E-state index in [9.17, 15) is 26.4 Å². The first-order valence-electron chi connectivity index (χ1n) is 11.3. The molecule has 0 spiro atoms. The SMILES string of the molecule is Cc1cccc(-n2cc3c(n2)CN(C(=O)c2cc(S(=O)(=O)C(C)C)ccc2O[C@@H](C)C(F)(F)F)C3)c1. The maximum atomic E-state index is 13.4. The van der Waals surface area contributed by atoms with Crippen molar-refractivity contribution in [2.75, 3.05) is 0 Å². The van der Waals surface area contributed by atoms with Crippen molar-refractivity contribution in [1.82, 2.24) is 14.7 Å². The number of aryl methyl sites for hydroxylation is 1. The molecule has 4 rings (SSSR count). The predicted molar refractivity (Wildman–Crippen MR) is 127 cm³/mol. The third-order valence-electron chi connectivity index (χ3n) is 6.03. The fourth-order valence-corrected chi connectivity index (χ4v) is 4.94. The highest BCUT2D eigenvalue weighted by Crippen LogP contribution is 2.33. The zero-order valence-electron chi connectivity index (χ0n) is 20.2. The van der Waals surface area contributed by atoms with Crippen LogP contribution in [0, 0.1) is 6.92 Å². The van der Waals surface area contributed by atoms with Crippen LogP contribution >= 0.6 is 0 Å². The fraction of sp³-hybridized carbons (Fsp3) is 0.360. The van der Waals surface area contributed by atoms with E-state index in [4.69, 9.17) is 4.74 Å². The summed E-state index contributed by atoms with van der Waals surface area (Å²) in [6.45, 7) is 6.07. The molecule has 0 unspecified atom stereocenters. The number of hydrogen-bond donors (Lipinski definition) is 0. The number of nitrogens with zero attached hydrogens (tertiary/aromatic N) is 3. The van der Waals surface area contributed by atoms with Crippen molar-refractivity contribution in [3.63, 3.8) is 0 Å². The first kappa shape index (κ1) is 25.7. The molecule has 1 aliphatic heterocycles. The largest absolute Gasteiger partial charge is 0.480 e. The van der Waals surface area contributed by atoms with E-state index in [2.05, 4.69) is 5.10 Å². The van der Waals surface area contributed by atoms with E-state index in [1.54, 1.807) is 10.9 Å². The summed E-state index contributed by atoms with van der Waals surface area (Å²) >= 11 is 0. The molecule has 1 atom stereocenters. The molecule has 11 heteroatoms. The maximum absolute atomic E-state index is 13.4. The Bertz CT molecular complexity index is 1390. The summed E-state index contributed by atoms with van der Waals surface area (Å²) in [5.74, 6) is -0.970. The molecule has 192 valence electrons. The number of halogens is 3. The number of aromatic nitrogens is 2. The lowest BCUT2D eigenvalue weighted by molar-refractivity contribution is -0.189. The van der Waals surface area contributed by atoms with Gasteiger partial charge >= 0.3 is 6.18 Å². The van der Waals surface area contributed by atoms with Crippen LogP contribution in [0.3, 0.4) is 0 Å². The van der Waals surface area contributed by atoms with E-state index in [1.807, 2.05) is 31.2 Å². The first-order valence-corrected chi connectivity index (χ1v) is 12.9. The van der Waals surface area contributed by atoms with Gasteiger partial charge in [0, 0.05) is 18.3 Å². The van der Waals surface area contributed by atoms with Crippen LogP contribution in [0.15, 0.2) is 53.6 Å². The molecule has 0 saturated heterocycles. The van der Waals surface area contributed by atoms with Gasteiger partial charge in [0.05, 0.1) is 33.6 Å². The molecule has 2 heterocycles. The van der Waals surface area contributed by atoms with Crippen LogP contribution in [0.5, 0.6) is 5.75 Å². The van der Waals surface area contributed by atoms with Gasteiger partial charge in [-0.2, -0.15) is 18.3 Å². The van der Waals surface area contributed by atoms with Crippen LogP contribution < -0.4 is 4.74 Å². The van der Waals surface area contributed by atoms with Gasteiger partial charge in [-0.3, -0.25) is 4.79 Å². The van der Waals surface area contributed by atoms with Crippen molar-refractivity contribution >= 4 is 15.7 Å². The zero-order valence-corrected chi connectivity index (χ0v) is 21.0. The molecular formula is C25H26F3N3O4S. The van der Waals surface area contributed by atoms with Crippen molar-refractivity contribution in [2.24, 2.45) is 0 Å². The Balaban J connectivity index is 1.65. The summed E-state index contributed by atoms with van der Waals surface area (Å²) in [6.07, 6.45) is -5.04. The molecule has 0 radical (unpaired) electrons. The Morgan fingerprint density at radius 2 is 1.81 bits per heavy atom. The summed E-state index contributed by atoms with van der Waals surface area (Å²) in [7, 11) is -3.78. The Kier molecular flexibility index (Phi) is 6.63. The minimum absolute atomic E-state index is 0.127. The highest BCUT2D eigenvalue weighted by Gasteiger charge is 2.39. The van der Waals surface area contributed by atoms with Crippen molar-refractivity contribution < 1.29 is 31.1 Å². The lowest BCUT2D eigenvalue weighted by Gasteiger charge is -2.22. The second-order valence-electron chi connectivity index (χ2n) is 9.10. The lowest BCUT2D eigenvalue weighted by Crippen LogP contribution is -2.33. The Hall–Kier alpha value is -3.34. The van der Waals surface area contributed by atoms with Gasteiger partial charge < -0.3 is 9.64 Å². The molecule has 0 bridgehead atoms. The van der Waals surface area contributed by atoms with E-state index in [0.717, 1.165) is 41.9 Å².